The van der Waals surface area contributed by atoms with Gasteiger partial charge in [0.25, 0.3) is 0 Å². The van der Waals surface area contributed by atoms with E-state index in [0.717, 1.165) is 13.0 Å². The van der Waals surface area contributed by atoms with Crippen LogP contribution in [0.4, 0.5) is 0 Å². The minimum absolute atomic E-state index is 0.238. The third kappa shape index (κ3) is 1.42. The molecule has 0 bridgehead atoms. The minimum Gasteiger partial charge on any atom is -0.379 e. The first-order valence-electron chi connectivity index (χ1n) is 3.12. The van der Waals surface area contributed by atoms with Crippen LogP contribution in [0.1, 0.15) is 6.92 Å². The number of amides is 1. The molecule has 1 heterocycles. The summed E-state index contributed by atoms with van der Waals surface area (Å²) < 4.78 is 5.10. The van der Waals surface area contributed by atoms with Crippen molar-refractivity contribution in [1.82, 2.24) is 5.32 Å². The van der Waals surface area contributed by atoms with Crippen molar-refractivity contribution < 1.29 is 9.53 Å². The van der Waals surface area contributed by atoms with Crippen molar-refractivity contribution in [1.29, 1.82) is 0 Å². The maximum atomic E-state index is 9.94. The molecule has 1 aliphatic heterocycles. The van der Waals surface area contributed by atoms with E-state index < -0.39 is 0 Å². The normalized spacial score (nSPS) is 34.3. The molecule has 0 aromatic carbocycles. The van der Waals surface area contributed by atoms with Gasteiger partial charge in [-0.05, 0) is 0 Å². The number of carbonyl (C=O) groups excluding carboxylic acids is 1. The predicted octanol–water partition coefficient (Wildman–Crippen LogP) is -0.233. The lowest BCUT2D eigenvalue weighted by Gasteiger charge is -2.09. The topological polar surface area (TPSA) is 38.3 Å². The van der Waals surface area contributed by atoms with Crippen molar-refractivity contribution in [3.05, 3.63) is 0 Å². The van der Waals surface area contributed by atoms with Gasteiger partial charge in [0.1, 0.15) is 0 Å². The molecule has 0 saturated carbocycles. The molecule has 0 radical (unpaired) electrons. The Labute approximate surface area is 54.4 Å². The molecule has 2 unspecified atom stereocenters. The number of hydrogen-bond acceptors (Lipinski definition) is 2. The molecule has 0 aliphatic carbocycles. The Hall–Kier alpha value is -0.570. The minimum atomic E-state index is 0.238. The van der Waals surface area contributed by atoms with Crippen molar-refractivity contribution in [2.24, 2.45) is 5.92 Å². The number of nitrogens with one attached hydrogen (secondary N) is 1. The van der Waals surface area contributed by atoms with Crippen LogP contribution in [-0.4, -0.2) is 25.7 Å². The van der Waals surface area contributed by atoms with Gasteiger partial charge in [-0.15, -0.1) is 0 Å². The van der Waals surface area contributed by atoms with Gasteiger partial charge in [-0.25, -0.2) is 0 Å². The summed E-state index contributed by atoms with van der Waals surface area (Å²) in [7, 11) is 0. The Morgan fingerprint density at radius 2 is 2.44 bits per heavy atom. The third-order valence-electron chi connectivity index (χ3n) is 1.65. The van der Waals surface area contributed by atoms with E-state index in [2.05, 4.69) is 12.2 Å². The number of hydrogen-bond donors (Lipinski definition) is 1. The Bertz CT molecular complexity index is 105. The Morgan fingerprint density at radius 3 is 2.89 bits per heavy atom. The monoisotopic (exact) mass is 129 g/mol. The van der Waals surface area contributed by atoms with Crippen molar-refractivity contribution in [2.75, 3.05) is 13.2 Å². The maximum absolute atomic E-state index is 9.94. The van der Waals surface area contributed by atoms with Crippen LogP contribution in [0.2, 0.25) is 0 Å². The smallest absolute Gasteiger partial charge is 0.207 e. The fourth-order valence-corrected chi connectivity index (χ4v) is 0.961. The molecule has 1 saturated heterocycles. The van der Waals surface area contributed by atoms with E-state index in [9.17, 15) is 4.79 Å². The highest BCUT2D eigenvalue weighted by atomic mass is 16.5. The highest BCUT2D eigenvalue weighted by Gasteiger charge is 2.22. The third-order valence-corrected chi connectivity index (χ3v) is 1.65. The average molecular weight is 129 g/mol. The number of carbonyl (C=O) groups is 1. The standard InChI is InChI=1S/C6H11NO2/c1-5-2-9-3-6(5)7-4-8/h4-6H,2-3H2,1H3,(H,7,8). The van der Waals surface area contributed by atoms with Gasteiger partial charge in [0.2, 0.25) is 6.41 Å². The van der Waals surface area contributed by atoms with E-state index in [-0.39, 0.29) is 6.04 Å². The molecule has 0 spiro atoms. The van der Waals surface area contributed by atoms with E-state index in [0.29, 0.717) is 12.5 Å². The zero-order valence-electron chi connectivity index (χ0n) is 5.46. The molecule has 0 aromatic heterocycles. The second-order valence-electron chi connectivity index (χ2n) is 2.41. The fraction of sp³-hybridized carbons (Fsp3) is 0.833. The molecule has 1 rings (SSSR count). The molecular formula is C6H11NO2. The quantitative estimate of drug-likeness (QED) is 0.523. The van der Waals surface area contributed by atoms with E-state index in [4.69, 9.17) is 4.74 Å². The molecule has 9 heavy (non-hydrogen) atoms. The zero-order valence-corrected chi connectivity index (χ0v) is 5.46. The summed E-state index contributed by atoms with van der Waals surface area (Å²) in [6.45, 7) is 3.50. The van der Waals surface area contributed by atoms with Gasteiger partial charge in [0.05, 0.1) is 19.3 Å². The molecule has 3 heteroatoms. The van der Waals surface area contributed by atoms with Crippen molar-refractivity contribution in [2.45, 2.75) is 13.0 Å². The molecule has 1 aliphatic rings. The first kappa shape index (κ1) is 6.55. The summed E-state index contributed by atoms with van der Waals surface area (Å²) in [5, 5.41) is 2.69. The SMILES string of the molecule is CC1COCC1NC=O. The summed E-state index contributed by atoms with van der Waals surface area (Å²) in [5.74, 6) is 0.468. The van der Waals surface area contributed by atoms with Gasteiger partial charge in [-0.2, -0.15) is 0 Å². The molecule has 1 amide bonds. The van der Waals surface area contributed by atoms with Crippen molar-refractivity contribution in [3.63, 3.8) is 0 Å². The second-order valence-corrected chi connectivity index (χ2v) is 2.41. The van der Waals surface area contributed by atoms with E-state index in [1.165, 1.54) is 0 Å². The lowest BCUT2D eigenvalue weighted by molar-refractivity contribution is -0.110. The zero-order chi connectivity index (χ0) is 6.69. The highest BCUT2D eigenvalue weighted by Crippen LogP contribution is 2.10. The largest absolute Gasteiger partial charge is 0.379 e. The van der Waals surface area contributed by atoms with Gasteiger partial charge < -0.3 is 10.1 Å². The van der Waals surface area contributed by atoms with Gasteiger partial charge in [-0.3, -0.25) is 4.79 Å². The van der Waals surface area contributed by atoms with Crippen LogP contribution in [0.25, 0.3) is 0 Å². The number of ether oxygens (including phenoxy) is 1. The van der Waals surface area contributed by atoms with Gasteiger partial charge in [0, 0.05) is 5.92 Å². The molecule has 1 N–H and O–H groups in total. The number of rotatable bonds is 2. The summed E-state index contributed by atoms with van der Waals surface area (Å²) >= 11 is 0. The predicted molar refractivity (Wildman–Crippen MR) is 33.0 cm³/mol. The van der Waals surface area contributed by atoms with Gasteiger partial charge in [-0.1, -0.05) is 6.92 Å². The Kier molecular flexibility index (Phi) is 2.05. The summed E-state index contributed by atoms with van der Waals surface area (Å²) in [6, 6.07) is 0.238. The first-order valence-corrected chi connectivity index (χ1v) is 3.12. The van der Waals surface area contributed by atoms with E-state index in [1.807, 2.05) is 0 Å². The van der Waals surface area contributed by atoms with Crippen LogP contribution < -0.4 is 5.32 Å². The Balaban J connectivity index is 2.30. The molecule has 52 valence electrons. The van der Waals surface area contributed by atoms with E-state index in [1.54, 1.807) is 0 Å². The van der Waals surface area contributed by atoms with Crippen LogP contribution in [0, 0.1) is 5.92 Å². The fourth-order valence-electron chi connectivity index (χ4n) is 0.961. The maximum Gasteiger partial charge on any atom is 0.207 e. The van der Waals surface area contributed by atoms with Gasteiger partial charge >= 0.3 is 0 Å². The van der Waals surface area contributed by atoms with Crippen molar-refractivity contribution >= 4 is 6.41 Å². The average Bonchev–Trinajstić information content (AvgIpc) is 2.18. The van der Waals surface area contributed by atoms with E-state index >= 15 is 0 Å². The molecule has 2 atom stereocenters. The lowest BCUT2D eigenvalue weighted by Crippen LogP contribution is -2.32. The molecule has 1 fully saturated rings. The molecule has 0 aromatic rings. The van der Waals surface area contributed by atoms with Crippen LogP contribution in [0.3, 0.4) is 0 Å². The van der Waals surface area contributed by atoms with Crippen LogP contribution in [-0.2, 0) is 9.53 Å². The van der Waals surface area contributed by atoms with Crippen LogP contribution in [0.15, 0.2) is 0 Å². The first-order chi connectivity index (χ1) is 4.34. The lowest BCUT2D eigenvalue weighted by atomic mass is 10.1. The highest BCUT2D eigenvalue weighted by molar-refractivity contribution is 5.46. The summed E-state index contributed by atoms with van der Waals surface area (Å²) in [4.78, 5) is 9.94. The Morgan fingerprint density at radius 1 is 1.67 bits per heavy atom. The summed E-state index contributed by atoms with van der Waals surface area (Å²) in [5.41, 5.74) is 0. The van der Waals surface area contributed by atoms with Gasteiger partial charge in [0.15, 0.2) is 0 Å². The summed E-state index contributed by atoms with van der Waals surface area (Å²) in [6.07, 6.45) is 0.732. The van der Waals surface area contributed by atoms with Crippen molar-refractivity contribution in [3.8, 4) is 0 Å². The van der Waals surface area contributed by atoms with Crippen LogP contribution in [0.5, 0.6) is 0 Å². The second kappa shape index (κ2) is 2.82. The van der Waals surface area contributed by atoms with Crippen LogP contribution >= 0.6 is 0 Å². The molecular weight excluding hydrogens is 118 g/mol. The molecule has 3 nitrogen and oxygen atoms in total.